The van der Waals surface area contributed by atoms with E-state index in [1.165, 1.54) is 5.56 Å². The second-order valence-corrected chi connectivity index (χ2v) is 4.62. The van der Waals surface area contributed by atoms with Crippen LogP contribution in [0, 0.1) is 6.92 Å². The molecule has 0 aliphatic carbocycles. The van der Waals surface area contributed by atoms with E-state index in [1.807, 2.05) is 19.1 Å². The van der Waals surface area contributed by atoms with Gasteiger partial charge in [0.1, 0.15) is 16.8 Å². The zero-order chi connectivity index (χ0) is 13.7. The predicted octanol–water partition coefficient (Wildman–Crippen LogP) is 3.20. The number of benzene rings is 1. The van der Waals surface area contributed by atoms with Gasteiger partial charge in [0.2, 0.25) is 0 Å². The molecule has 0 amide bonds. The first-order valence-electron chi connectivity index (χ1n) is 5.99. The fourth-order valence-corrected chi connectivity index (χ4v) is 2.04. The maximum absolute atomic E-state index is 5.89. The summed E-state index contributed by atoms with van der Waals surface area (Å²) in [6.45, 7) is 3.12. The van der Waals surface area contributed by atoms with Crippen molar-refractivity contribution in [3.63, 3.8) is 0 Å². The van der Waals surface area contributed by atoms with Gasteiger partial charge >= 0.3 is 0 Å². The average molecular weight is 278 g/mol. The molecule has 0 aliphatic rings. The number of aromatic nitrogens is 2. The second kappa shape index (κ2) is 6.50. The number of nitrogens with zero attached hydrogens (tertiary/aromatic N) is 2. The summed E-state index contributed by atoms with van der Waals surface area (Å²) >= 11 is 5.89. The summed E-state index contributed by atoms with van der Waals surface area (Å²) in [5.74, 6) is 1.39. The Bertz CT molecular complexity index is 540. The Morgan fingerprint density at radius 2 is 2.00 bits per heavy atom. The van der Waals surface area contributed by atoms with Crippen LogP contribution in [0.25, 0.3) is 0 Å². The summed E-state index contributed by atoms with van der Waals surface area (Å²) in [5.41, 5.74) is 2.32. The lowest BCUT2D eigenvalue weighted by atomic mass is 10.1. The van der Waals surface area contributed by atoms with E-state index in [1.54, 1.807) is 13.2 Å². The van der Waals surface area contributed by atoms with E-state index in [4.69, 9.17) is 16.3 Å². The number of halogens is 1. The Morgan fingerprint density at radius 1 is 1.21 bits per heavy atom. The van der Waals surface area contributed by atoms with Crippen LogP contribution in [0.5, 0.6) is 0 Å². The lowest BCUT2D eigenvalue weighted by Crippen LogP contribution is -2.03. The van der Waals surface area contributed by atoms with E-state index in [2.05, 4.69) is 27.4 Å². The highest BCUT2D eigenvalue weighted by Gasteiger charge is 2.01. The molecule has 1 heterocycles. The number of nitrogens with one attached hydrogen (secondary N) is 1. The number of rotatable bonds is 5. The Morgan fingerprint density at radius 3 is 2.74 bits per heavy atom. The standard InChI is InChI=1S/C14H16ClN3O/c1-10-17-13(15)7-14(18-10)16-8-11-4-3-5-12(6-11)9-19-2/h3-7H,8-9H2,1-2H3,(H,16,17,18). The minimum atomic E-state index is 0.447. The SMILES string of the molecule is COCc1cccc(CNc2cc(Cl)nc(C)n2)c1. The van der Waals surface area contributed by atoms with Gasteiger partial charge in [-0.3, -0.25) is 0 Å². The van der Waals surface area contributed by atoms with Crippen molar-refractivity contribution in [1.29, 1.82) is 0 Å². The molecule has 4 nitrogen and oxygen atoms in total. The quantitative estimate of drug-likeness (QED) is 0.853. The van der Waals surface area contributed by atoms with Crippen molar-refractivity contribution in [3.8, 4) is 0 Å². The van der Waals surface area contributed by atoms with Gasteiger partial charge in [-0.25, -0.2) is 9.97 Å². The third-order valence-electron chi connectivity index (χ3n) is 2.58. The Kier molecular flexibility index (Phi) is 4.71. The highest BCUT2D eigenvalue weighted by atomic mass is 35.5. The zero-order valence-corrected chi connectivity index (χ0v) is 11.7. The van der Waals surface area contributed by atoms with E-state index < -0.39 is 0 Å². The first kappa shape index (κ1) is 13.8. The van der Waals surface area contributed by atoms with Crippen molar-refractivity contribution >= 4 is 17.4 Å². The maximum Gasteiger partial charge on any atom is 0.134 e. The van der Waals surface area contributed by atoms with Crippen LogP contribution in [0.3, 0.4) is 0 Å². The molecule has 0 aliphatic heterocycles. The first-order chi connectivity index (χ1) is 9.17. The third-order valence-corrected chi connectivity index (χ3v) is 2.78. The summed E-state index contributed by atoms with van der Waals surface area (Å²) in [4.78, 5) is 8.30. The first-order valence-corrected chi connectivity index (χ1v) is 6.37. The fourth-order valence-electron chi connectivity index (χ4n) is 1.81. The van der Waals surface area contributed by atoms with E-state index in [0.29, 0.717) is 24.1 Å². The minimum absolute atomic E-state index is 0.447. The van der Waals surface area contributed by atoms with Crippen molar-refractivity contribution in [2.24, 2.45) is 0 Å². The molecule has 2 rings (SSSR count). The summed E-state index contributed by atoms with van der Waals surface area (Å²) in [7, 11) is 1.69. The fraction of sp³-hybridized carbons (Fsp3) is 0.286. The van der Waals surface area contributed by atoms with Crippen LogP contribution in [0.15, 0.2) is 30.3 Å². The highest BCUT2D eigenvalue weighted by molar-refractivity contribution is 6.29. The van der Waals surface area contributed by atoms with Crippen LogP contribution in [-0.2, 0) is 17.9 Å². The molecule has 1 N–H and O–H groups in total. The molecule has 1 aromatic heterocycles. The number of ether oxygens (including phenoxy) is 1. The van der Waals surface area contributed by atoms with Gasteiger partial charge in [0.05, 0.1) is 6.61 Å². The molecule has 5 heteroatoms. The monoisotopic (exact) mass is 277 g/mol. The number of hydrogen-bond acceptors (Lipinski definition) is 4. The molecule has 0 unspecified atom stereocenters. The molecule has 0 bridgehead atoms. The van der Waals surface area contributed by atoms with Crippen molar-refractivity contribution in [2.75, 3.05) is 12.4 Å². The molecule has 0 spiro atoms. The average Bonchev–Trinajstić information content (AvgIpc) is 2.36. The lowest BCUT2D eigenvalue weighted by Gasteiger charge is -2.08. The molecule has 2 aromatic rings. The zero-order valence-electron chi connectivity index (χ0n) is 11.0. The second-order valence-electron chi connectivity index (χ2n) is 4.23. The van der Waals surface area contributed by atoms with Crippen LogP contribution >= 0.6 is 11.6 Å². The minimum Gasteiger partial charge on any atom is -0.380 e. The summed E-state index contributed by atoms with van der Waals surface area (Å²) in [6, 6.07) is 9.93. The molecule has 0 atom stereocenters. The molecular weight excluding hydrogens is 262 g/mol. The van der Waals surface area contributed by atoms with E-state index in [-0.39, 0.29) is 0 Å². The molecule has 1 aromatic carbocycles. The highest BCUT2D eigenvalue weighted by Crippen LogP contribution is 2.13. The normalized spacial score (nSPS) is 10.5. The van der Waals surface area contributed by atoms with E-state index in [0.717, 1.165) is 11.4 Å². The van der Waals surface area contributed by atoms with Gasteiger partial charge < -0.3 is 10.1 Å². The van der Waals surface area contributed by atoms with Crippen molar-refractivity contribution < 1.29 is 4.74 Å². The van der Waals surface area contributed by atoms with Crippen LogP contribution in [0.1, 0.15) is 17.0 Å². The molecule has 19 heavy (non-hydrogen) atoms. The van der Waals surface area contributed by atoms with Crippen molar-refractivity contribution in [1.82, 2.24) is 9.97 Å². The molecule has 0 radical (unpaired) electrons. The summed E-state index contributed by atoms with van der Waals surface area (Å²) in [6.07, 6.45) is 0. The van der Waals surface area contributed by atoms with Gasteiger partial charge in [0.15, 0.2) is 0 Å². The van der Waals surface area contributed by atoms with Crippen molar-refractivity contribution in [2.45, 2.75) is 20.1 Å². The molecular formula is C14H16ClN3O. The van der Waals surface area contributed by atoms with Crippen LogP contribution in [0.4, 0.5) is 5.82 Å². The van der Waals surface area contributed by atoms with Gasteiger partial charge in [-0.1, -0.05) is 35.9 Å². The van der Waals surface area contributed by atoms with E-state index >= 15 is 0 Å². The summed E-state index contributed by atoms with van der Waals surface area (Å²) in [5, 5.41) is 3.68. The molecule has 0 saturated heterocycles. The van der Waals surface area contributed by atoms with Gasteiger partial charge in [-0.05, 0) is 18.1 Å². The van der Waals surface area contributed by atoms with Crippen LogP contribution < -0.4 is 5.32 Å². The van der Waals surface area contributed by atoms with Gasteiger partial charge in [-0.2, -0.15) is 0 Å². The maximum atomic E-state index is 5.89. The van der Waals surface area contributed by atoms with Gasteiger partial charge in [0.25, 0.3) is 0 Å². The molecule has 0 fully saturated rings. The van der Waals surface area contributed by atoms with Gasteiger partial charge in [-0.15, -0.1) is 0 Å². The third kappa shape index (κ3) is 4.19. The van der Waals surface area contributed by atoms with Crippen LogP contribution in [0.2, 0.25) is 5.15 Å². The lowest BCUT2D eigenvalue weighted by molar-refractivity contribution is 0.185. The van der Waals surface area contributed by atoms with Gasteiger partial charge in [0, 0.05) is 19.7 Å². The topological polar surface area (TPSA) is 47.0 Å². The summed E-state index contributed by atoms with van der Waals surface area (Å²) < 4.78 is 5.12. The number of hydrogen-bond donors (Lipinski definition) is 1. The Labute approximate surface area is 117 Å². The Hall–Kier alpha value is -1.65. The largest absolute Gasteiger partial charge is 0.380 e. The molecule has 100 valence electrons. The predicted molar refractivity (Wildman–Crippen MR) is 76.3 cm³/mol. The van der Waals surface area contributed by atoms with Crippen LogP contribution in [-0.4, -0.2) is 17.1 Å². The Balaban J connectivity index is 2.03. The molecule has 0 saturated carbocycles. The van der Waals surface area contributed by atoms with E-state index in [9.17, 15) is 0 Å². The van der Waals surface area contributed by atoms with Crippen molar-refractivity contribution in [3.05, 3.63) is 52.4 Å². The smallest absolute Gasteiger partial charge is 0.134 e. The number of methoxy groups -OCH3 is 1. The number of anilines is 1. The number of aryl methyl sites for hydroxylation is 1.